The number of carbonyl (C=O) groups excluding carboxylic acids is 1. The normalized spacial score (nSPS) is 18.5. The van der Waals surface area contributed by atoms with Crippen LogP contribution < -0.4 is 0 Å². The maximum atomic E-state index is 12.0. The molecule has 0 spiro atoms. The van der Waals surface area contributed by atoms with Crippen molar-refractivity contribution in [2.75, 3.05) is 13.1 Å². The summed E-state index contributed by atoms with van der Waals surface area (Å²) in [5.41, 5.74) is 1.04. The molecule has 1 aliphatic rings. The fraction of sp³-hybridized carbons (Fsp3) is 0.636. The van der Waals surface area contributed by atoms with Gasteiger partial charge in [0, 0.05) is 37.9 Å². The molecular formula is C11H14F3N3O2. The number of alkyl halides is 3. The van der Waals surface area contributed by atoms with Gasteiger partial charge in [0.15, 0.2) is 0 Å². The first-order valence-electron chi connectivity index (χ1n) is 5.90. The van der Waals surface area contributed by atoms with Gasteiger partial charge in [-0.1, -0.05) is 0 Å². The largest absolute Gasteiger partial charge is 0.492 e. The van der Waals surface area contributed by atoms with Crippen LogP contribution in [0.1, 0.15) is 24.5 Å². The Kier molecular flexibility index (Phi) is 3.79. The monoisotopic (exact) mass is 277 g/mol. The molecule has 1 saturated heterocycles. The van der Waals surface area contributed by atoms with Crippen LogP contribution in [0.25, 0.3) is 0 Å². The number of rotatable bonds is 2. The van der Waals surface area contributed by atoms with Crippen molar-refractivity contribution in [1.29, 1.82) is 0 Å². The molecule has 0 aromatic carbocycles. The van der Waals surface area contributed by atoms with Crippen LogP contribution in [0.4, 0.5) is 13.2 Å². The van der Waals surface area contributed by atoms with Crippen molar-refractivity contribution in [3.05, 3.63) is 18.0 Å². The number of nitrogens with zero attached hydrogens (tertiary/aromatic N) is 3. The van der Waals surface area contributed by atoms with Crippen molar-refractivity contribution < 1.29 is 22.8 Å². The van der Waals surface area contributed by atoms with Gasteiger partial charge in [-0.2, -0.15) is 18.3 Å². The Bertz CT molecular complexity index is 450. The maximum absolute atomic E-state index is 12.0. The Hall–Kier alpha value is -1.57. The molecule has 0 atom stereocenters. The molecule has 1 aromatic heterocycles. The van der Waals surface area contributed by atoms with Crippen LogP contribution in [0.3, 0.4) is 0 Å². The SMILES string of the molecule is Cn1nccc1C1CCN(OC(=O)C(F)(F)F)CC1. The number of hydroxylamine groups is 2. The summed E-state index contributed by atoms with van der Waals surface area (Å²) in [4.78, 5) is 15.0. The number of piperidine rings is 1. The second-order valence-electron chi connectivity index (χ2n) is 4.46. The van der Waals surface area contributed by atoms with E-state index in [0.29, 0.717) is 12.8 Å². The molecule has 0 radical (unpaired) electrons. The summed E-state index contributed by atoms with van der Waals surface area (Å²) < 4.78 is 37.9. The highest BCUT2D eigenvalue weighted by molar-refractivity contribution is 5.75. The van der Waals surface area contributed by atoms with Crippen LogP contribution in [0, 0.1) is 0 Å². The standard InChI is InChI=1S/C11H14F3N3O2/c1-16-9(2-5-15-16)8-3-6-17(7-4-8)19-10(18)11(12,13)14/h2,5,8H,3-4,6-7H2,1H3. The molecule has 19 heavy (non-hydrogen) atoms. The summed E-state index contributed by atoms with van der Waals surface area (Å²) in [6, 6.07) is 1.89. The minimum Gasteiger partial charge on any atom is -0.361 e. The summed E-state index contributed by atoms with van der Waals surface area (Å²) in [5.74, 6) is -1.93. The highest BCUT2D eigenvalue weighted by atomic mass is 19.4. The fourth-order valence-corrected chi connectivity index (χ4v) is 2.20. The van der Waals surface area contributed by atoms with E-state index in [1.807, 2.05) is 13.1 Å². The Labute approximate surface area is 107 Å². The van der Waals surface area contributed by atoms with E-state index in [1.165, 1.54) is 0 Å². The topological polar surface area (TPSA) is 47.4 Å². The second kappa shape index (κ2) is 5.20. The van der Waals surface area contributed by atoms with Crippen molar-refractivity contribution >= 4 is 5.97 Å². The quantitative estimate of drug-likeness (QED) is 0.824. The molecule has 0 saturated carbocycles. The third-order valence-corrected chi connectivity index (χ3v) is 3.17. The van der Waals surface area contributed by atoms with Gasteiger partial charge in [-0.25, -0.2) is 4.79 Å². The molecule has 0 N–H and O–H groups in total. The van der Waals surface area contributed by atoms with Crippen LogP contribution in [0.5, 0.6) is 0 Å². The lowest BCUT2D eigenvalue weighted by atomic mass is 9.94. The van der Waals surface area contributed by atoms with E-state index in [4.69, 9.17) is 0 Å². The number of carbonyl (C=O) groups is 1. The van der Waals surface area contributed by atoms with Crippen LogP contribution in [0.15, 0.2) is 12.3 Å². The first-order chi connectivity index (χ1) is 8.88. The van der Waals surface area contributed by atoms with Crippen LogP contribution in [-0.2, 0) is 16.7 Å². The predicted octanol–water partition coefficient (Wildman–Crippen LogP) is 1.62. The van der Waals surface area contributed by atoms with Gasteiger partial charge < -0.3 is 4.84 Å². The fourth-order valence-electron chi connectivity index (χ4n) is 2.20. The van der Waals surface area contributed by atoms with E-state index in [2.05, 4.69) is 9.94 Å². The van der Waals surface area contributed by atoms with Crippen LogP contribution >= 0.6 is 0 Å². The highest BCUT2D eigenvalue weighted by Gasteiger charge is 2.43. The molecule has 1 aliphatic heterocycles. The minimum absolute atomic E-state index is 0.230. The molecule has 0 aliphatic carbocycles. The molecular weight excluding hydrogens is 263 g/mol. The van der Waals surface area contributed by atoms with E-state index in [-0.39, 0.29) is 19.0 Å². The summed E-state index contributed by atoms with van der Waals surface area (Å²) in [6.07, 6.45) is -2.00. The Balaban J connectivity index is 1.86. The zero-order valence-corrected chi connectivity index (χ0v) is 10.4. The molecule has 2 heterocycles. The lowest BCUT2D eigenvalue weighted by Crippen LogP contribution is -2.39. The van der Waals surface area contributed by atoms with Crippen molar-refractivity contribution in [1.82, 2.24) is 14.8 Å². The first-order valence-corrected chi connectivity index (χ1v) is 5.90. The highest BCUT2D eigenvalue weighted by Crippen LogP contribution is 2.28. The van der Waals surface area contributed by atoms with Gasteiger partial charge in [0.2, 0.25) is 0 Å². The summed E-state index contributed by atoms with van der Waals surface area (Å²) >= 11 is 0. The van der Waals surface area contributed by atoms with E-state index in [9.17, 15) is 18.0 Å². The smallest absolute Gasteiger partial charge is 0.361 e. The van der Waals surface area contributed by atoms with Gasteiger partial charge in [-0.3, -0.25) is 4.68 Å². The molecule has 1 fully saturated rings. The molecule has 8 heteroatoms. The van der Waals surface area contributed by atoms with Gasteiger partial charge in [0.1, 0.15) is 0 Å². The van der Waals surface area contributed by atoms with Gasteiger partial charge in [-0.05, 0) is 18.9 Å². The molecule has 0 bridgehead atoms. The maximum Gasteiger partial charge on any atom is 0.492 e. The second-order valence-corrected chi connectivity index (χ2v) is 4.46. The van der Waals surface area contributed by atoms with E-state index in [1.54, 1.807) is 10.9 Å². The van der Waals surface area contributed by atoms with Crippen LogP contribution in [-0.4, -0.2) is 40.1 Å². The molecule has 1 aromatic rings. The van der Waals surface area contributed by atoms with Crippen LogP contribution in [0.2, 0.25) is 0 Å². The predicted molar refractivity (Wildman–Crippen MR) is 58.9 cm³/mol. The third-order valence-electron chi connectivity index (χ3n) is 3.17. The van der Waals surface area contributed by atoms with Gasteiger partial charge in [0.05, 0.1) is 0 Å². The number of aryl methyl sites for hydroxylation is 1. The number of halogens is 3. The van der Waals surface area contributed by atoms with Gasteiger partial charge in [-0.15, -0.1) is 5.06 Å². The van der Waals surface area contributed by atoms with Crippen molar-refractivity contribution in [2.24, 2.45) is 7.05 Å². The Morgan fingerprint density at radius 2 is 2.05 bits per heavy atom. The molecule has 0 amide bonds. The molecule has 2 rings (SSSR count). The minimum atomic E-state index is -4.95. The zero-order valence-electron chi connectivity index (χ0n) is 10.4. The third kappa shape index (κ3) is 3.25. The lowest BCUT2D eigenvalue weighted by Gasteiger charge is -2.30. The molecule has 5 nitrogen and oxygen atoms in total. The lowest BCUT2D eigenvalue weighted by molar-refractivity contribution is -0.241. The summed E-state index contributed by atoms with van der Waals surface area (Å²) in [7, 11) is 1.82. The average Bonchev–Trinajstić information content (AvgIpc) is 2.75. The van der Waals surface area contributed by atoms with Crippen molar-refractivity contribution in [2.45, 2.75) is 24.9 Å². The first kappa shape index (κ1) is 13.9. The average molecular weight is 277 g/mol. The summed E-state index contributed by atoms with van der Waals surface area (Å²) in [6.45, 7) is 0.579. The zero-order chi connectivity index (χ0) is 14.0. The Morgan fingerprint density at radius 3 is 2.53 bits per heavy atom. The van der Waals surface area contributed by atoms with E-state index < -0.39 is 12.1 Å². The van der Waals surface area contributed by atoms with Crippen molar-refractivity contribution in [3.63, 3.8) is 0 Å². The number of hydrogen-bond donors (Lipinski definition) is 0. The molecule has 106 valence electrons. The Morgan fingerprint density at radius 1 is 1.42 bits per heavy atom. The van der Waals surface area contributed by atoms with E-state index in [0.717, 1.165) is 10.8 Å². The summed E-state index contributed by atoms with van der Waals surface area (Å²) in [5, 5.41) is 5.13. The molecule has 0 unspecified atom stereocenters. The van der Waals surface area contributed by atoms with E-state index >= 15 is 0 Å². The number of hydrogen-bond acceptors (Lipinski definition) is 4. The van der Waals surface area contributed by atoms with Gasteiger partial charge in [0.25, 0.3) is 0 Å². The number of aromatic nitrogens is 2. The van der Waals surface area contributed by atoms with Gasteiger partial charge >= 0.3 is 12.1 Å². The van der Waals surface area contributed by atoms with Crippen molar-refractivity contribution in [3.8, 4) is 0 Å².